The molecular formula is C20H26N2O4S. The van der Waals surface area contributed by atoms with E-state index in [0.29, 0.717) is 23.5 Å². The molecule has 0 bridgehead atoms. The minimum atomic E-state index is -3.79. The molecule has 0 saturated carbocycles. The minimum absolute atomic E-state index is 0.0388. The molecule has 7 heteroatoms. The first-order valence-corrected chi connectivity index (χ1v) is 10.5. The minimum Gasteiger partial charge on any atom is -0.497 e. The zero-order valence-electron chi connectivity index (χ0n) is 15.7. The lowest BCUT2D eigenvalue weighted by molar-refractivity contribution is 0.0952. The fourth-order valence-corrected chi connectivity index (χ4v) is 3.64. The first-order chi connectivity index (χ1) is 13.0. The average Bonchev–Trinajstić information content (AvgIpc) is 2.68. The molecule has 0 heterocycles. The van der Waals surface area contributed by atoms with Crippen LogP contribution in [0.25, 0.3) is 0 Å². The zero-order valence-corrected chi connectivity index (χ0v) is 16.5. The Labute approximate surface area is 161 Å². The van der Waals surface area contributed by atoms with Gasteiger partial charge >= 0.3 is 0 Å². The molecule has 146 valence electrons. The molecule has 0 radical (unpaired) electrons. The van der Waals surface area contributed by atoms with E-state index in [2.05, 4.69) is 17.0 Å². The summed E-state index contributed by atoms with van der Waals surface area (Å²) in [7, 11) is -2.25. The van der Waals surface area contributed by atoms with Crippen LogP contribution in [0.4, 0.5) is 5.69 Å². The molecule has 1 amide bonds. The standard InChI is InChI=1S/C20H26N2O4S/c1-3-4-5-6-14-21-20(23)16-8-7-9-19(15-16)27(24,25)22-17-10-12-18(26-2)13-11-17/h7-13,15,22H,3-6,14H2,1-2H3,(H,21,23). The summed E-state index contributed by atoms with van der Waals surface area (Å²) >= 11 is 0. The van der Waals surface area contributed by atoms with Gasteiger partial charge in [-0.25, -0.2) is 8.42 Å². The van der Waals surface area contributed by atoms with E-state index >= 15 is 0 Å². The van der Waals surface area contributed by atoms with Gasteiger partial charge in [0.2, 0.25) is 0 Å². The Hall–Kier alpha value is -2.54. The maximum Gasteiger partial charge on any atom is 0.261 e. The highest BCUT2D eigenvalue weighted by Crippen LogP contribution is 2.20. The van der Waals surface area contributed by atoms with Crippen molar-refractivity contribution in [2.24, 2.45) is 0 Å². The van der Waals surface area contributed by atoms with Crippen molar-refractivity contribution in [1.29, 1.82) is 0 Å². The Morgan fingerprint density at radius 2 is 1.78 bits per heavy atom. The Morgan fingerprint density at radius 1 is 1.04 bits per heavy atom. The number of methoxy groups -OCH3 is 1. The lowest BCUT2D eigenvalue weighted by Crippen LogP contribution is -2.24. The lowest BCUT2D eigenvalue weighted by atomic mass is 10.2. The van der Waals surface area contributed by atoms with Crippen molar-refractivity contribution in [2.75, 3.05) is 18.4 Å². The number of nitrogens with one attached hydrogen (secondary N) is 2. The van der Waals surface area contributed by atoms with Crippen molar-refractivity contribution in [1.82, 2.24) is 5.32 Å². The summed E-state index contributed by atoms with van der Waals surface area (Å²) in [5, 5.41) is 2.83. The second kappa shape index (κ2) is 9.97. The fraction of sp³-hybridized carbons (Fsp3) is 0.350. The van der Waals surface area contributed by atoms with Gasteiger partial charge in [0.25, 0.3) is 15.9 Å². The summed E-state index contributed by atoms with van der Waals surface area (Å²) in [4.78, 5) is 12.3. The first kappa shape index (κ1) is 20.8. The van der Waals surface area contributed by atoms with Crippen LogP contribution in [0, 0.1) is 0 Å². The lowest BCUT2D eigenvalue weighted by Gasteiger charge is -2.10. The Bertz CT molecular complexity index is 849. The highest BCUT2D eigenvalue weighted by atomic mass is 32.2. The van der Waals surface area contributed by atoms with Gasteiger partial charge in [0.1, 0.15) is 5.75 Å². The Kier molecular flexibility index (Phi) is 7.67. The molecule has 0 aromatic heterocycles. The van der Waals surface area contributed by atoms with Crippen LogP contribution in [0.1, 0.15) is 43.0 Å². The van der Waals surface area contributed by atoms with Gasteiger partial charge in [0.05, 0.1) is 12.0 Å². The molecule has 2 N–H and O–H groups in total. The monoisotopic (exact) mass is 390 g/mol. The van der Waals surface area contributed by atoms with Crippen molar-refractivity contribution < 1.29 is 17.9 Å². The van der Waals surface area contributed by atoms with Crippen LogP contribution in [-0.4, -0.2) is 28.0 Å². The van der Waals surface area contributed by atoms with Gasteiger partial charge in [-0.15, -0.1) is 0 Å². The van der Waals surface area contributed by atoms with E-state index < -0.39 is 10.0 Å². The van der Waals surface area contributed by atoms with Gasteiger partial charge in [-0.1, -0.05) is 32.3 Å². The average molecular weight is 391 g/mol. The van der Waals surface area contributed by atoms with Crippen LogP contribution in [-0.2, 0) is 10.0 Å². The summed E-state index contributed by atoms with van der Waals surface area (Å²) < 4.78 is 32.7. The number of carbonyl (C=O) groups excluding carboxylic acids is 1. The summed E-state index contributed by atoms with van der Waals surface area (Å²) in [6.45, 7) is 2.71. The van der Waals surface area contributed by atoms with Gasteiger partial charge in [0.15, 0.2) is 0 Å². The summed E-state index contributed by atoms with van der Waals surface area (Å²) in [6.07, 6.45) is 4.25. The number of ether oxygens (including phenoxy) is 1. The second-order valence-electron chi connectivity index (χ2n) is 6.18. The fourth-order valence-electron chi connectivity index (χ4n) is 2.53. The van der Waals surface area contributed by atoms with E-state index in [4.69, 9.17) is 4.74 Å². The molecule has 0 spiro atoms. The summed E-state index contributed by atoms with van der Waals surface area (Å²) in [5.41, 5.74) is 0.740. The summed E-state index contributed by atoms with van der Waals surface area (Å²) in [6, 6.07) is 12.6. The smallest absolute Gasteiger partial charge is 0.261 e. The predicted molar refractivity (Wildman–Crippen MR) is 107 cm³/mol. The molecule has 0 fully saturated rings. The molecule has 0 atom stereocenters. The molecule has 2 rings (SSSR count). The summed E-state index contributed by atoms with van der Waals surface area (Å²) in [5.74, 6) is 0.364. The van der Waals surface area contributed by atoms with E-state index in [0.717, 1.165) is 25.7 Å². The normalized spacial score (nSPS) is 11.0. The highest BCUT2D eigenvalue weighted by molar-refractivity contribution is 7.92. The molecule has 0 aliphatic rings. The number of carbonyl (C=O) groups is 1. The number of anilines is 1. The molecule has 27 heavy (non-hydrogen) atoms. The van der Waals surface area contributed by atoms with Crippen LogP contribution < -0.4 is 14.8 Å². The van der Waals surface area contributed by atoms with E-state index in [9.17, 15) is 13.2 Å². The number of amides is 1. The maximum atomic E-state index is 12.6. The SMILES string of the molecule is CCCCCCNC(=O)c1cccc(S(=O)(=O)Nc2ccc(OC)cc2)c1. The van der Waals surface area contributed by atoms with Crippen LogP contribution in [0.2, 0.25) is 0 Å². The quantitative estimate of drug-likeness (QED) is 0.604. The third-order valence-corrected chi connectivity index (χ3v) is 5.44. The molecule has 0 aliphatic carbocycles. The van der Waals surface area contributed by atoms with Crippen molar-refractivity contribution in [2.45, 2.75) is 37.5 Å². The number of hydrogen-bond acceptors (Lipinski definition) is 4. The number of rotatable bonds is 10. The largest absolute Gasteiger partial charge is 0.497 e. The number of unbranched alkanes of at least 4 members (excludes halogenated alkanes) is 3. The molecule has 2 aromatic carbocycles. The van der Waals surface area contributed by atoms with Crippen LogP contribution in [0.15, 0.2) is 53.4 Å². The van der Waals surface area contributed by atoms with Gasteiger partial charge < -0.3 is 10.1 Å². The Balaban J connectivity index is 2.04. The molecular weight excluding hydrogens is 364 g/mol. The van der Waals surface area contributed by atoms with E-state index in [-0.39, 0.29) is 10.8 Å². The van der Waals surface area contributed by atoms with Crippen LogP contribution in [0.3, 0.4) is 0 Å². The van der Waals surface area contributed by atoms with Gasteiger partial charge in [-0.05, 0) is 48.9 Å². The van der Waals surface area contributed by atoms with Crippen molar-refractivity contribution in [3.63, 3.8) is 0 Å². The van der Waals surface area contributed by atoms with Gasteiger partial charge in [-0.2, -0.15) is 0 Å². The van der Waals surface area contributed by atoms with Crippen molar-refractivity contribution in [3.8, 4) is 5.75 Å². The highest BCUT2D eigenvalue weighted by Gasteiger charge is 2.16. The molecule has 0 saturated heterocycles. The first-order valence-electron chi connectivity index (χ1n) is 9.01. The Morgan fingerprint density at radius 3 is 2.44 bits per heavy atom. The van der Waals surface area contributed by atoms with Gasteiger partial charge in [-0.3, -0.25) is 9.52 Å². The maximum absolute atomic E-state index is 12.6. The van der Waals surface area contributed by atoms with E-state index in [1.165, 1.54) is 12.1 Å². The van der Waals surface area contributed by atoms with Crippen molar-refractivity contribution in [3.05, 3.63) is 54.1 Å². The van der Waals surface area contributed by atoms with E-state index in [1.807, 2.05) is 0 Å². The third kappa shape index (κ3) is 6.29. The zero-order chi connectivity index (χ0) is 19.7. The van der Waals surface area contributed by atoms with E-state index in [1.54, 1.807) is 43.5 Å². The van der Waals surface area contributed by atoms with Crippen molar-refractivity contribution >= 4 is 21.6 Å². The predicted octanol–water partition coefficient (Wildman–Crippen LogP) is 3.81. The van der Waals surface area contributed by atoms with Crippen LogP contribution in [0.5, 0.6) is 5.75 Å². The van der Waals surface area contributed by atoms with Gasteiger partial charge in [0, 0.05) is 17.8 Å². The number of sulfonamides is 1. The third-order valence-electron chi connectivity index (χ3n) is 4.06. The molecule has 0 unspecified atom stereocenters. The molecule has 2 aromatic rings. The second-order valence-corrected chi connectivity index (χ2v) is 7.86. The van der Waals surface area contributed by atoms with Crippen LogP contribution >= 0.6 is 0 Å². The molecule has 0 aliphatic heterocycles. The number of benzene rings is 2. The molecule has 6 nitrogen and oxygen atoms in total. The topological polar surface area (TPSA) is 84.5 Å². The number of hydrogen-bond donors (Lipinski definition) is 2.